The van der Waals surface area contributed by atoms with Crippen LogP contribution in [0.25, 0.3) is 11.3 Å². The number of ether oxygens (including phenoxy) is 1. The third-order valence-electron chi connectivity index (χ3n) is 6.85. The van der Waals surface area contributed by atoms with E-state index in [1.807, 2.05) is 48.5 Å². The lowest BCUT2D eigenvalue weighted by Gasteiger charge is -2.18. The van der Waals surface area contributed by atoms with Crippen LogP contribution in [0, 0.1) is 0 Å². The molecule has 0 aliphatic carbocycles. The normalized spacial score (nSPS) is 14.9. The van der Waals surface area contributed by atoms with Crippen molar-refractivity contribution in [3.63, 3.8) is 0 Å². The van der Waals surface area contributed by atoms with E-state index in [1.165, 1.54) is 13.5 Å². The smallest absolute Gasteiger partial charge is 0.337 e. The Balaban J connectivity index is 1.35. The number of aromatic nitrogens is 1. The molecule has 3 aromatic carbocycles. The first-order valence-corrected chi connectivity index (χ1v) is 12.4. The molecule has 0 unspecified atom stereocenters. The predicted octanol–water partition coefficient (Wildman–Crippen LogP) is 4.53. The SMILES string of the molecule is COC(=O)c1ccc2c(c1)NC(=O)/C2=C(\Nc1ccc2c(c1)CCN2C(=O)Cc1cnco1)c1ccccc1. The first-order chi connectivity index (χ1) is 19.0. The van der Waals surface area contributed by atoms with Gasteiger partial charge in [-0.25, -0.2) is 9.78 Å². The molecule has 39 heavy (non-hydrogen) atoms. The number of fused-ring (bicyclic) bond motifs is 2. The van der Waals surface area contributed by atoms with Crippen LogP contribution in [0.1, 0.15) is 32.8 Å². The Labute approximate surface area is 224 Å². The van der Waals surface area contributed by atoms with Crippen molar-refractivity contribution in [3.8, 4) is 0 Å². The first kappa shape index (κ1) is 24.2. The number of carbonyl (C=O) groups excluding carboxylic acids is 3. The van der Waals surface area contributed by atoms with Gasteiger partial charge in [0.05, 0.1) is 42.2 Å². The first-order valence-electron chi connectivity index (χ1n) is 12.4. The fraction of sp³-hybridized carbons (Fsp3) is 0.133. The maximum Gasteiger partial charge on any atom is 0.337 e. The van der Waals surface area contributed by atoms with Crippen LogP contribution < -0.4 is 15.5 Å². The average Bonchev–Trinajstić information content (AvgIpc) is 3.69. The summed E-state index contributed by atoms with van der Waals surface area (Å²) in [5.41, 5.74) is 6.20. The Hall–Kier alpha value is -5.18. The molecule has 9 heteroatoms. The fourth-order valence-corrected chi connectivity index (χ4v) is 5.01. The minimum absolute atomic E-state index is 0.0520. The van der Waals surface area contributed by atoms with Gasteiger partial charge in [-0.05, 0) is 47.9 Å². The van der Waals surface area contributed by atoms with Crippen LogP contribution in [0.15, 0.2) is 83.7 Å². The largest absolute Gasteiger partial charge is 0.465 e. The maximum absolute atomic E-state index is 13.2. The number of anilines is 3. The summed E-state index contributed by atoms with van der Waals surface area (Å²) in [6.45, 7) is 0.580. The number of amides is 2. The van der Waals surface area contributed by atoms with Gasteiger partial charge in [-0.2, -0.15) is 0 Å². The highest BCUT2D eigenvalue weighted by molar-refractivity contribution is 6.37. The molecule has 2 amide bonds. The summed E-state index contributed by atoms with van der Waals surface area (Å²) < 4.78 is 10.1. The molecule has 0 radical (unpaired) electrons. The molecule has 0 bridgehead atoms. The van der Waals surface area contributed by atoms with E-state index < -0.39 is 5.97 Å². The van der Waals surface area contributed by atoms with Gasteiger partial charge in [-0.15, -0.1) is 0 Å². The van der Waals surface area contributed by atoms with E-state index in [2.05, 4.69) is 15.6 Å². The van der Waals surface area contributed by atoms with E-state index in [0.717, 1.165) is 22.5 Å². The minimum atomic E-state index is -0.475. The zero-order chi connectivity index (χ0) is 26.9. The summed E-state index contributed by atoms with van der Waals surface area (Å²) in [5, 5.41) is 6.35. The van der Waals surface area contributed by atoms with Gasteiger partial charge in [0.1, 0.15) is 5.76 Å². The Bertz CT molecular complexity index is 1630. The molecule has 0 atom stereocenters. The molecule has 0 fully saturated rings. The van der Waals surface area contributed by atoms with Crippen molar-refractivity contribution < 1.29 is 23.5 Å². The molecule has 2 aliphatic rings. The van der Waals surface area contributed by atoms with Crippen LogP contribution in [-0.2, 0) is 27.2 Å². The number of oxazole rings is 1. The molecule has 4 aromatic rings. The minimum Gasteiger partial charge on any atom is -0.465 e. The van der Waals surface area contributed by atoms with Gasteiger partial charge in [0, 0.05) is 23.5 Å². The third kappa shape index (κ3) is 4.54. The van der Waals surface area contributed by atoms with Crippen molar-refractivity contribution in [2.24, 2.45) is 0 Å². The zero-order valence-corrected chi connectivity index (χ0v) is 21.1. The molecule has 6 rings (SSSR count). The second-order valence-electron chi connectivity index (χ2n) is 9.23. The molecule has 3 heterocycles. The van der Waals surface area contributed by atoms with Gasteiger partial charge in [0.25, 0.3) is 5.91 Å². The number of methoxy groups -OCH3 is 1. The highest BCUT2D eigenvalue weighted by Crippen LogP contribution is 2.39. The lowest BCUT2D eigenvalue weighted by Crippen LogP contribution is -2.30. The van der Waals surface area contributed by atoms with Crippen LogP contribution in [0.2, 0.25) is 0 Å². The number of nitrogens with one attached hydrogen (secondary N) is 2. The van der Waals surface area contributed by atoms with Crippen molar-refractivity contribution in [2.45, 2.75) is 12.8 Å². The topological polar surface area (TPSA) is 114 Å². The lowest BCUT2D eigenvalue weighted by atomic mass is 9.99. The third-order valence-corrected chi connectivity index (χ3v) is 6.85. The van der Waals surface area contributed by atoms with Crippen molar-refractivity contribution in [2.75, 3.05) is 29.2 Å². The van der Waals surface area contributed by atoms with E-state index in [0.29, 0.717) is 46.8 Å². The van der Waals surface area contributed by atoms with Gasteiger partial charge < -0.3 is 24.7 Å². The van der Waals surface area contributed by atoms with E-state index >= 15 is 0 Å². The van der Waals surface area contributed by atoms with Crippen molar-refractivity contribution in [3.05, 3.63) is 107 Å². The molecular weight excluding hydrogens is 496 g/mol. The number of carbonyl (C=O) groups is 3. The summed E-state index contributed by atoms with van der Waals surface area (Å²) in [5.74, 6) is -0.273. The van der Waals surface area contributed by atoms with Gasteiger partial charge in [0.2, 0.25) is 5.91 Å². The monoisotopic (exact) mass is 520 g/mol. The molecule has 2 aliphatic heterocycles. The molecule has 0 spiro atoms. The molecule has 194 valence electrons. The second kappa shape index (κ2) is 9.94. The molecule has 9 nitrogen and oxygen atoms in total. The van der Waals surface area contributed by atoms with Gasteiger partial charge >= 0.3 is 5.97 Å². The number of esters is 1. The Morgan fingerprint density at radius 1 is 1.08 bits per heavy atom. The van der Waals surface area contributed by atoms with Crippen LogP contribution in [-0.4, -0.2) is 36.4 Å². The van der Waals surface area contributed by atoms with Gasteiger partial charge in [-0.3, -0.25) is 9.59 Å². The van der Waals surface area contributed by atoms with Crippen LogP contribution in [0.3, 0.4) is 0 Å². The standard InChI is InChI=1S/C30H24N4O5/c1-38-30(37)20-7-9-23-24(14-20)33-29(36)27(23)28(18-5-3-2-4-6-18)32-21-8-10-25-19(13-21)11-12-34(25)26(35)15-22-16-31-17-39-22/h2-10,13-14,16-17,32H,11-12,15H2,1H3,(H,33,36)/b28-27-. The Morgan fingerprint density at radius 2 is 1.92 bits per heavy atom. The molecule has 1 aromatic heterocycles. The molecule has 2 N–H and O–H groups in total. The van der Waals surface area contributed by atoms with E-state index in [4.69, 9.17) is 9.15 Å². The second-order valence-corrected chi connectivity index (χ2v) is 9.23. The van der Waals surface area contributed by atoms with E-state index in [-0.39, 0.29) is 18.2 Å². The summed E-state index contributed by atoms with van der Waals surface area (Å²) in [4.78, 5) is 43.8. The van der Waals surface area contributed by atoms with Crippen LogP contribution >= 0.6 is 0 Å². The summed E-state index contributed by atoms with van der Waals surface area (Å²) >= 11 is 0. The number of rotatable bonds is 6. The number of hydrogen-bond donors (Lipinski definition) is 2. The number of benzene rings is 3. The average molecular weight is 521 g/mol. The predicted molar refractivity (Wildman–Crippen MR) is 146 cm³/mol. The summed E-state index contributed by atoms with van der Waals surface area (Å²) in [6.07, 6.45) is 3.73. The summed E-state index contributed by atoms with van der Waals surface area (Å²) in [7, 11) is 1.32. The van der Waals surface area contributed by atoms with Crippen LogP contribution in [0.5, 0.6) is 0 Å². The fourth-order valence-electron chi connectivity index (χ4n) is 5.01. The van der Waals surface area contributed by atoms with Crippen molar-refractivity contribution >= 4 is 46.1 Å². The number of hydrogen-bond acceptors (Lipinski definition) is 7. The molecule has 0 saturated carbocycles. The van der Waals surface area contributed by atoms with Gasteiger partial charge in [-0.1, -0.05) is 36.4 Å². The quantitative estimate of drug-likeness (QED) is 0.284. The maximum atomic E-state index is 13.2. The number of nitrogens with zero attached hydrogens (tertiary/aromatic N) is 2. The summed E-state index contributed by atoms with van der Waals surface area (Å²) in [6, 6.07) is 20.4. The van der Waals surface area contributed by atoms with E-state index in [1.54, 1.807) is 29.3 Å². The van der Waals surface area contributed by atoms with Crippen molar-refractivity contribution in [1.29, 1.82) is 0 Å². The van der Waals surface area contributed by atoms with Crippen molar-refractivity contribution in [1.82, 2.24) is 4.98 Å². The highest BCUT2D eigenvalue weighted by atomic mass is 16.5. The van der Waals surface area contributed by atoms with Gasteiger partial charge in [0.15, 0.2) is 6.39 Å². The lowest BCUT2D eigenvalue weighted by molar-refractivity contribution is -0.118. The Kier molecular flexibility index (Phi) is 6.16. The zero-order valence-electron chi connectivity index (χ0n) is 21.1. The Morgan fingerprint density at radius 3 is 2.69 bits per heavy atom. The van der Waals surface area contributed by atoms with E-state index in [9.17, 15) is 14.4 Å². The molecule has 0 saturated heterocycles. The highest BCUT2D eigenvalue weighted by Gasteiger charge is 2.30. The van der Waals surface area contributed by atoms with Crippen LogP contribution in [0.4, 0.5) is 17.1 Å². The molecular formula is C30H24N4O5.